The van der Waals surface area contributed by atoms with Crippen LogP contribution in [0.4, 0.5) is 0 Å². The van der Waals surface area contributed by atoms with Crippen molar-refractivity contribution in [2.24, 2.45) is 0 Å². The fourth-order valence-electron chi connectivity index (χ4n) is 3.65. The number of nitrogens with zero attached hydrogens (tertiary/aromatic N) is 1. The number of rotatable bonds is 5. The summed E-state index contributed by atoms with van der Waals surface area (Å²) in [4.78, 5) is 14.9. The maximum Gasteiger partial charge on any atom is 0.197 e. The molecule has 1 aromatic carbocycles. The van der Waals surface area contributed by atoms with Crippen molar-refractivity contribution in [1.29, 1.82) is 0 Å². The minimum absolute atomic E-state index is 0.157. The van der Waals surface area contributed by atoms with Gasteiger partial charge in [0.25, 0.3) is 0 Å². The number of hydrogen-bond donors (Lipinski definition) is 1. The number of aliphatic hydroxyl groups is 1. The van der Waals surface area contributed by atoms with Gasteiger partial charge in [-0.05, 0) is 32.2 Å². The Morgan fingerprint density at radius 3 is 2.65 bits per heavy atom. The number of hydrogen-bond acceptors (Lipinski definition) is 7. The van der Waals surface area contributed by atoms with Gasteiger partial charge in [0.15, 0.2) is 16.1 Å². The smallest absolute Gasteiger partial charge is 0.197 e. The first-order valence-electron chi connectivity index (χ1n) is 8.75. The number of fused-ring (bicyclic) bond motifs is 1. The molecule has 2 atom stereocenters. The van der Waals surface area contributed by atoms with Crippen LogP contribution in [0, 0.1) is 0 Å². The molecular formula is C19H25NO5S. The van der Waals surface area contributed by atoms with Gasteiger partial charge in [0.05, 0.1) is 31.9 Å². The van der Waals surface area contributed by atoms with Crippen molar-refractivity contribution in [3.05, 3.63) is 27.9 Å². The molecule has 0 unspecified atom stereocenters. The van der Waals surface area contributed by atoms with Gasteiger partial charge in [-0.1, -0.05) is 18.7 Å². The molecule has 0 aliphatic carbocycles. The second-order valence-electron chi connectivity index (χ2n) is 6.40. The van der Waals surface area contributed by atoms with Crippen LogP contribution in [0.3, 0.4) is 0 Å². The summed E-state index contributed by atoms with van der Waals surface area (Å²) in [5, 5.41) is 11.6. The van der Waals surface area contributed by atoms with Crippen LogP contribution in [0.25, 0.3) is 11.0 Å². The molecule has 26 heavy (non-hydrogen) atoms. The van der Waals surface area contributed by atoms with Gasteiger partial charge in [-0.25, -0.2) is 0 Å². The summed E-state index contributed by atoms with van der Waals surface area (Å²) in [7, 11) is 5.05. The van der Waals surface area contributed by atoms with Crippen molar-refractivity contribution in [2.75, 3.05) is 33.6 Å². The first kappa shape index (κ1) is 19.1. The lowest BCUT2D eigenvalue weighted by molar-refractivity contribution is 0.0231. The Morgan fingerprint density at radius 2 is 2.04 bits per heavy atom. The molecule has 1 N–H and O–H groups in total. The normalized spacial score (nSPS) is 21.1. The molecule has 6 nitrogen and oxygen atoms in total. The quantitative estimate of drug-likeness (QED) is 0.801. The van der Waals surface area contributed by atoms with Crippen LogP contribution in [0.1, 0.15) is 31.4 Å². The summed E-state index contributed by atoms with van der Waals surface area (Å²) in [5.41, 5.74) is 0.979. The Morgan fingerprint density at radius 1 is 1.31 bits per heavy atom. The number of benzene rings is 1. The van der Waals surface area contributed by atoms with Crippen LogP contribution in [-0.2, 0) is 0 Å². The van der Waals surface area contributed by atoms with E-state index in [9.17, 15) is 9.90 Å². The van der Waals surface area contributed by atoms with Crippen LogP contribution in [0.5, 0.6) is 11.5 Å². The van der Waals surface area contributed by atoms with Gasteiger partial charge in [-0.3, -0.25) is 9.69 Å². The summed E-state index contributed by atoms with van der Waals surface area (Å²) in [6.45, 7) is 2.85. The van der Waals surface area contributed by atoms with Gasteiger partial charge < -0.3 is 19.0 Å². The van der Waals surface area contributed by atoms with E-state index >= 15 is 0 Å². The molecule has 2 heterocycles. The van der Waals surface area contributed by atoms with Gasteiger partial charge >= 0.3 is 0 Å². The lowest BCUT2D eigenvalue weighted by Crippen LogP contribution is -2.39. The number of ether oxygens (including phenoxy) is 2. The summed E-state index contributed by atoms with van der Waals surface area (Å²) in [5.74, 6) is 1.75. The van der Waals surface area contributed by atoms with E-state index in [4.69, 9.17) is 13.9 Å². The highest BCUT2D eigenvalue weighted by molar-refractivity contribution is 7.99. The molecule has 0 amide bonds. The highest BCUT2D eigenvalue weighted by Gasteiger charge is 2.35. The van der Waals surface area contributed by atoms with E-state index in [2.05, 4.69) is 4.90 Å². The molecule has 7 heteroatoms. The largest absolute Gasteiger partial charge is 0.496 e. The standard InChI is InChI=1S/C19H25NO5S/c1-5-26-15-9-12(22)16-13(23-3)10-14(24-4)17(19(16)25-15)18-11(21)7-6-8-20(18)2/h9-11,18,21H,5-8H2,1-4H3/t11-,18+/m1/s1. The van der Waals surface area contributed by atoms with Crippen LogP contribution >= 0.6 is 11.8 Å². The molecule has 1 aliphatic heterocycles. The molecule has 1 aliphatic rings. The molecule has 1 saturated heterocycles. The van der Waals surface area contributed by atoms with E-state index < -0.39 is 6.10 Å². The van der Waals surface area contributed by atoms with Crippen molar-refractivity contribution in [2.45, 2.75) is 37.0 Å². The zero-order valence-corrected chi connectivity index (χ0v) is 16.4. The molecule has 2 aromatic rings. The summed E-state index contributed by atoms with van der Waals surface area (Å²) in [6.07, 6.45) is 1.05. The van der Waals surface area contributed by atoms with E-state index in [1.54, 1.807) is 13.2 Å². The number of piperidine rings is 1. The maximum absolute atomic E-state index is 12.8. The summed E-state index contributed by atoms with van der Waals surface area (Å²) >= 11 is 1.46. The van der Waals surface area contributed by atoms with Crippen molar-refractivity contribution >= 4 is 22.7 Å². The van der Waals surface area contributed by atoms with Crippen LogP contribution in [0.2, 0.25) is 0 Å². The number of likely N-dealkylation sites (tertiary alicyclic amines) is 1. The average Bonchev–Trinajstić information content (AvgIpc) is 2.61. The predicted molar refractivity (Wildman–Crippen MR) is 103 cm³/mol. The van der Waals surface area contributed by atoms with E-state index in [1.165, 1.54) is 24.9 Å². The monoisotopic (exact) mass is 379 g/mol. The van der Waals surface area contributed by atoms with Gasteiger partial charge in [0.1, 0.15) is 16.9 Å². The average molecular weight is 379 g/mol. The Bertz CT molecular complexity index is 840. The van der Waals surface area contributed by atoms with E-state index in [-0.39, 0.29) is 11.5 Å². The summed E-state index contributed by atoms with van der Waals surface area (Å²) in [6, 6.07) is 2.89. The molecule has 0 radical (unpaired) electrons. The third-order valence-electron chi connectivity index (χ3n) is 4.82. The van der Waals surface area contributed by atoms with Crippen molar-refractivity contribution in [3.63, 3.8) is 0 Å². The molecule has 0 bridgehead atoms. The lowest BCUT2D eigenvalue weighted by atomic mass is 9.90. The Kier molecular flexibility index (Phi) is 5.79. The zero-order valence-electron chi connectivity index (χ0n) is 15.6. The zero-order chi connectivity index (χ0) is 18.8. The number of thioether (sulfide) groups is 1. The molecule has 0 saturated carbocycles. The first-order valence-corrected chi connectivity index (χ1v) is 9.74. The fourth-order valence-corrected chi connectivity index (χ4v) is 4.27. The highest BCUT2D eigenvalue weighted by Crippen LogP contribution is 2.43. The Hall–Kier alpha value is -1.70. The first-order chi connectivity index (χ1) is 12.5. The maximum atomic E-state index is 12.8. The molecule has 0 spiro atoms. The second kappa shape index (κ2) is 7.90. The lowest BCUT2D eigenvalue weighted by Gasteiger charge is -2.37. The summed E-state index contributed by atoms with van der Waals surface area (Å²) < 4.78 is 17.1. The molecule has 142 valence electrons. The highest BCUT2D eigenvalue weighted by atomic mass is 32.2. The number of methoxy groups -OCH3 is 2. The van der Waals surface area contributed by atoms with E-state index in [0.29, 0.717) is 39.5 Å². The van der Waals surface area contributed by atoms with E-state index in [0.717, 1.165) is 18.7 Å². The van der Waals surface area contributed by atoms with Crippen LogP contribution in [-0.4, -0.2) is 49.7 Å². The van der Waals surface area contributed by atoms with Gasteiger partial charge in [0.2, 0.25) is 0 Å². The Labute approximate surface area is 157 Å². The molecule has 3 rings (SSSR count). The number of aliphatic hydroxyl groups excluding tert-OH is 1. The Balaban J connectivity index is 2.36. The minimum Gasteiger partial charge on any atom is -0.496 e. The SMILES string of the molecule is CCSc1cc(=O)c2c(OC)cc(OC)c([C@@H]3[C@H](O)CCCN3C)c2o1. The van der Waals surface area contributed by atoms with Crippen LogP contribution < -0.4 is 14.9 Å². The van der Waals surface area contributed by atoms with Crippen molar-refractivity contribution in [3.8, 4) is 11.5 Å². The topological polar surface area (TPSA) is 72.1 Å². The van der Waals surface area contributed by atoms with Gasteiger partial charge in [-0.15, -0.1) is 0 Å². The predicted octanol–water partition coefficient (Wildman–Crippen LogP) is 3.05. The van der Waals surface area contributed by atoms with Crippen LogP contribution in [0.15, 0.2) is 26.4 Å². The van der Waals surface area contributed by atoms with E-state index in [1.807, 2.05) is 14.0 Å². The molecule has 1 fully saturated rings. The third kappa shape index (κ3) is 3.31. The third-order valence-corrected chi connectivity index (χ3v) is 5.59. The fraction of sp³-hybridized carbons (Fsp3) is 0.526. The van der Waals surface area contributed by atoms with Crippen molar-refractivity contribution in [1.82, 2.24) is 4.90 Å². The van der Waals surface area contributed by atoms with Gasteiger partial charge in [-0.2, -0.15) is 0 Å². The number of likely N-dealkylation sites (N-methyl/N-ethyl adjacent to an activating group) is 1. The van der Waals surface area contributed by atoms with Crippen molar-refractivity contribution < 1.29 is 19.0 Å². The molecular weight excluding hydrogens is 354 g/mol. The minimum atomic E-state index is -0.563. The molecule has 1 aromatic heterocycles. The second-order valence-corrected chi connectivity index (χ2v) is 7.67. The van der Waals surface area contributed by atoms with Gasteiger partial charge in [0, 0.05) is 12.1 Å².